The zero-order valence-electron chi connectivity index (χ0n) is 29.1. The summed E-state index contributed by atoms with van der Waals surface area (Å²) in [6.07, 6.45) is 25.0. The molecule has 0 aromatic carbocycles. The van der Waals surface area contributed by atoms with Gasteiger partial charge in [-0.3, -0.25) is 0 Å². The fourth-order valence-electron chi connectivity index (χ4n) is 6.15. The van der Waals surface area contributed by atoms with Gasteiger partial charge in [0.2, 0.25) is 0 Å². The monoisotopic (exact) mass is 668 g/mol. The van der Waals surface area contributed by atoms with E-state index in [-0.39, 0.29) is 84.2 Å². The Morgan fingerprint density at radius 1 is 0.500 bits per heavy atom. The van der Waals surface area contributed by atoms with E-state index in [1.165, 1.54) is 46.6 Å². The van der Waals surface area contributed by atoms with Crippen LogP contribution in [0.15, 0.2) is 48.6 Å². The van der Waals surface area contributed by atoms with Crippen molar-refractivity contribution < 1.29 is 43.4 Å². The van der Waals surface area contributed by atoms with Crippen LogP contribution in [0.25, 0.3) is 9.96 Å². The molecule has 42 heavy (non-hydrogen) atoms. The van der Waals surface area contributed by atoms with Crippen LogP contribution in [0.3, 0.4) is 0 Å². The van der Waals surface area contributed by atoms with Crippen molar-refractivity contribution in [1.82, 2.24) is 0 Å². The van der Waals surface area contributed by atoms with Gasteiger partial charge >= 0.3 is 43.4 Å². The Bertz CT molecular complexity index is 836. The van der Waals surface area contributed by atoms with Gasteiger partial charge in [-0.25, -0.2) is 0 Å². The number of rotatable bonds is 7. The minimum atomic E-state index is -1.94. The van der Waals surface area contributed by atoms with Gasteiger partial charge < -0.3 is 39.7 Å². The van der Waals surface area contributed by atoms with Gasteiger partial charge in [-0.1, -0.05) is 133 Å². The Balaban J connectivity index is -0.00000253. The van der Waals surface area contributed by atoms with Crippen LogP contribution in [0, 0.1) is 89.1 Å². The maximum atomic E-state index is 5.33. The maximum Gasteiger partial charge on any atom is 4.00 e. The second kappa shape index (κ2) is 17.6. The molecule has 0 spiro atoms. The fourth-order valence-corrected chi connectivity index (χ4v) is 12.6. The summed E-state index contributed by atoms with van der Waals surface area (Å²) in [6, 6.07) is 0. The number of fused-ring (bicyclic) bond motifs is 2. The summed E-state index contributed by atoms with van der Waals surface area (Å²) in [7, 11) is -3.87. The van der Waals surface area contributed by atoms with E-state index in [0.29, 0.717) is 0 Å². The molecule has 0 N–H and O–H groups in total. The summed E-state index contributed by atoms with van der Waals surface area (Å²) in [5.74, 6) is 8.56. The smallest absolute Gasteiger partial charge is 0.659 e. The summed E-state index contributed by atoms with van der Waals surface area (Å²) in [5, 5.41) is 0. The van der Waals surface area contributed by atoms with Crippen molar-refractivity contribution in [1.29, 1.82) is 0 Å². The van der Waals surface area contributed by atoms with E-state index >= 15 is 0 Å². The molecule has 2 nitrogen and oxygen atoms in total. The summed E-state index contributed by atoms with van der Waals surface area (Å²) < 4.78 is 0. The zero-order valence-corrected chi connectivity index (χ0v) is 34.2. The van der Waals surface area contributed by atoms with Gasteiger partial charge in [0.05, 0.1) is 0 Å². The van der Waals surface area contributed by atoms with Crippen molar-refractivity contribution in [2.24, 2.45) is 0 Å². The van der Waals surface area contributed by atoms with Crippen molar-refractivity contribution in [2.75, 3.05) is 0 Å². The number of allylic oxidation sites excluding steroid dienone is 8. The Labute approximate surface area is 297 Å². The normalized spacial score (nSPS) is 20.9. The molecule has 0 heterocycles. The molecule has 2 fully saturated rings. The van der Waals surface area contributed by atoms with Gasteiger partial charge in [0.25, 0.3) is 0 Å². The fraction of sp³-hybridized carbons (Fsp3) is 0.389. The molecule has 6 heteroatoms. The van der Waals surface area contributed by atoms with E-state index in [1.54, 1.807) is 0 Å². The van der Waals surface area contributed by atoms with Crippen LogP contribution >= 0.6 is 0 Å². The van der Waals surface area contributed by atoms with E-state index in [9.17, 15) is 0 Å². The quantitative estimate of drug-likeness (QED) is 0.191. The largest absolute Gasteiger partial charge is 4.00 e. The van der Waals surface area contributed by atoms with E-state index in [1.807, 2.05) is 0 Å². The molecule has 0 amide bonds. The van der Waals surface area contributed by atoms with E-state index in [4.69, 9.17) is 9.96 Å². The minimum Gasteiger partial charge on any atom is -0.659 e. The maximum absolute atomic E-state index is 5.33. The second-order valence-electron chi connectivity index (χ2n) is 13.4. The van der Waals surface area contributed by atoms with Crippen LogP contribution in [0.5, 0.6) is 0 Å². The van der Waals surface area contributed by atoms with Gasteiger partial charge in [0.15, 0.2) is 0 Å². The number of hydrogen-bond acceptors (Lipinski definition) is 0. The van der Waals surface area contributed by atoms with Gasteiger partial charge in [-0.2, -0.15) is 0 Å². The van der Waals surface area contributed by atoms with Crippen molar-refractivity contribution in [3.63, 3.8) is 0 Å². The molecule has 0 saturated heterocycles. The van der Waals surface area contributed by atoms with E-state index in [0.717, 1.165) is 12.8 Å². The molecule has 4 aliphatic carbocycles. The van der Waals surface area contributed by atoms with Gasteiger partial charge in [-0.15, -0.1) is 11.1 Å². The van der Waals surface area contributed by atoms with Crippen LogP contribution < -0.4 is 0 Å². The van der Waals surface area contributed by atoms with E-state index in [2.05, 4.69) is 129 Å². The zero-order chi connectivity index (χ0) is 26.5. The molecule has 224 valence electrons. The predicted molar refractivity (Wildman–Crippen MR) is 187 cm³/mol. The summed E-state index contributed by atoms with van der Waals surface area (Å²) in [6.45, 7) is 22.9. The molecule has 0 bridgehead atoms. The van der Waals surface area contributed by atoms with Gasteiger partial charge in [-0.05, 0) is 48.6 Å². The molecule has 0 aromatic rings. The Morgan fingerprint density at radius 3 is 1.02 bits per heavy atom. The Kier molecular flexibility index (Phi) is 19.8. The third-order valence-electron chi connectivity index (χ3n) is 6.98. The van der Waals surface area contributed by atoms with Crippen molar-refractivity contribution in [3.05, 3.63) is 148 Å². The summed E-state index contributed by atoms with van der Waals surface area (Å²) in [5.41, 5.74) is 2.92. The average Bonchev–Trinajstić information content (AvgIpc) is 3.28. The third kappa shape index (κ3) is 11.2. The van der Waals surface area contributed by atoms with Crippen molar-refractivity contribution in [2.45, 2.75) is 91.6 Å². The van der Waals surface area contributed by atoms with Crippen LogP contribution in [0.2, 0.25) is 26.2 Å². The van der Waals surface area contributed by atoms with Gasteiger partial charge in [0, 0.05) is 23.7 Å². The second-order valence-corrected chi connectivity index (χ2v) is 21.2. The number of hydrogen-bond donors (Lipinski definition) is 0. The topological polar surface area (TPSA) is 28.2 Å². The molecular weight excluding hydrogens is 612 g/mol. The molecule has 4 rings (SSSR count). The van der Waals surface area contributed by atoms with Crippen LogP contribution in [-0.2, 0) is 43.4 Å². The Hall–Kier alpha value is 0.742. The van der Waals surface area contributed by atoms with Crippen molar-refractivity contribution in [3.8, 4) is 0 Å². The third-order valence-corrected chi connectivity index (χ3v) is 12.9. The van der Waals surface area contributed by atoms with E-state index < -0.39 is 16.5 Å². The molecule has 2 saturated carbocycles. The first-order valence-electron chi connectivity index (χ1n) is 13.4. The molecular formula is C36H56N2Si2Ti2+2. The first kappa shape index (κ1) is 47.2. The molecule has 4 aliphatic rings. The predicted octanol–water partition coefficient (Wildman–Crippen LogP) is 10.7. The summed E-state index contributed by atoms with van der Waals surface area (Å²) in [4.78, 5) is 10.7. The first-order valence-corrected chi connectivity index (χ1v) is 19.3. The SMILES string of the molecule is CC(C)(C)[N-][Si](C)(C)[C]1[CH][C](CC[C]2[CH][C]([Si](C)(C)[N-]C(C)(C)C)[C]3C=CC=C[C]23)[C]2C=CC=C[C]21.[CH3-].[CH3-].[CH3-].[CH3-].[Ti+4].[Ti+4]. The molecule has 0 aliphatic heterocycles. The average molecular weight is 669 g/mol. The molecule has 10 radical (unpaired) electrons. The Morgan fingerprint density at radius 2 is 0.762 bits per heavy atom. The minimum absolute atomic E-state index is 0. The first-order chi connectivity index (χ1) is 16.6. The summed E-state index contributed by atoms with van der Waals surface area (Å²) >= 11 is 0. The molecule has 0 aromatic heterocycles. The standard InChI is InChI=1S/C32H44N2Si2.4CH3.2Ti/c1-31(2,3)33-35(7,8)29-21-23(25-15-11-13-17-27(25)29)19-20-24-22-30(28-18-14-12-16-26(24)28)36(9,10)34-32(4,5)6;;;;;;/h11-18,21-22H,19-20H2,1-10H3;4*1H3;;/q-2;4*-1;2*+4. The number of nitrogens with zero attached hydrogens (tertiary/aromatic N) is 2. The van der Waals surface area contributed by atoms with Gasteiger partial charge in [0.1, 0.15) is 0 Å². The molecule has 0 unspecified atom stereocenters. The molecule has 0 atom stereocenters. The van der Waals surface area contributed by atoms with Crippen LogP contribution in [-0.4, -0.2) is 27.5 Å². The van der Waals surface area contributed by atoms with Crippen molar-refractivity contribution >= 4 is 16.5 Å². The van der Waals surface area contributed by atoms with Crippen LogP contribution in [0.4, 0.5) is 0 Å². The van der Waals surface area contributed by atoms with Crippen LogP contribution in [0.1, 0.15) is 54.4 Å².